The molecule has 0 aliphatic carbocycles. The Labute approximate surface area is 140 Å². The van der Waals surface area contributed by atoms with Crippen molar-refractivity contribution in [3.05, 3.63) is 42.0 Å². The summed E-state index contributed by atoms with van der Waals surface area (Å²) in [6.45, 7) is 3.82. The van der Waals surface area contributed by atoms with E-state index in [1.165, 1.54) is 0 Å². The van der Waals surface area contributed by atoms with Gasteiger partial charge in [-0.3, -0.25) is 9.69 Å². The van der Waals surface area contributed by atoms with E-state index >= 15 is 0 Å². The summed E-state index contributed by atoms with van der Waals surface area (Å²) in [5.41, 5.74) is 1.07. The Morgan fingerprint density at radius 3 is 2.96 bits per heavy atom. The minimum absolute atomic E-state index is 0.165. The van der Waals surface area contributed by atoms with E-state index in [4.69, 9.17) is 9.47 Å². The molecule has 24 heavy (non-hydrogen) atoms. The first-order valence-electron chi connectivity index (χ1n) is 8.15. The number of carbonyl (C=O) groups is 1. The van der Waals surface area contributed by atoms with E-state index in [9.17, 15) is 4.79 Å². The van der Waals surface area contributed by atoms with Crippen LogP contribution < -0.4 is 9.47 Å². The van der Waals surface area contributed by atoms with E-state index in [2.05, 4.69) is 14.9 Å². The minimum atomic E-state index is 0.165. The Kier molecular flexibility index (Phi) is 4.08. The fourth-order valence-corrected chi connectivity index (χ4v) is 3.07. The summed E-state index contributed by atoms with van der Waals surface area (Å²) >= 11 is 0. The number of H-pyrrole nitrogens is 1. The van der Waals surface area contributed by atoms with Gasteiger partial charge in [0.05, 0.1) is 6.54 Å². The van der Waals surface area contributed by atoms with Crippen molar-refractivity contribution in [3.63, 3.8) is 0 Å². The van der Waals surface area contributed by atoms with Crippen LogP contribution in [0, 0.1) is 0 Å². The molecule has 1 amide bonds. The molecule has 0 atom stereocenters. The first-order valence-corrected chi connectivity index (χ1v) is 8.15. The standard InChI is InChI=1S/C17H20N4O3/c22-17-11-20(6-3-16-18-4-5-19-16)7-8-21(17)10-13-1-2-14-15(9-13)24-12-23-14/h1-2,4-5,9H,3,6-8,10-12H2,(H,18,19). The Balaban J connectivity index is 1.31. The van der Waals surface area contributed by atoms with Crippen LogP contribution in [0.2, 0.25) is 0 Å². The average molecular weight is 328 g/mol. The Morgan fingerprint density at radius 1 is 1.21 bits per heavy atom. The summed E-state index contributed by atoms with van der Waals surface area (Å²) in [6, 6.07) is 5.85. The van der Waals surface area contributed by atoms with Crippen molar-refractivity contribution in [2.24, 2.45) is 0 Å². The van der Waals surface area contributed by atoms with E-state index in [1.807, 2.05) is 29.3 Å². The second-order valence-corrected chi connectivity index (χ2v) is 6.06. The van der Waals surface area contributed by atoms with Gasteiger partial charge >= 0.3 is 0 Å². The number of nitrogens with one attached hydrogen (secondary N) is 1. The van der Waals surface area contributed by atoms with Gasteiger partial charge in [0.2, 0.25) is 12.7 Å². The van der Waals surface area contributed by atoms with Crippen LogP contribution in [0.3, 0.4) is 0 Å². The van der Waals surface area contributed by atoms with E-state index < -0.39 is 0 Å². The lowest BCUT2D eigenvalue weighted by Gasteiger charge is -2.34. The molecule has 126 valence electrons. The van der Waals surface area contributed by atoms with Crippen molar-refractivity contribution in [2.75, 3.05) is 33.0 Å². The number of hydrogen-bond donors (Lipinski definition) is 1. The number of nitrogens with zero attached hydrogens (tertiary/aromatic N) is 3. The summed E-state index contributed by atoms with van der Waals surface area (Å²) in [7, 11) is 0. The Bertz CT molecular complexity index is 717. The molecular formula is C17H20N4O3. The highest BCUT2D eigenvalue weighted by atomic mass is 16.7. The van der Waals surface area contributed by atoms with Crippen LogP contribution in [0.25, 0.3) is 0 Å². The van der Waals surface area contributed by atoms with E-state index in [1.54, 1.807) is 6.20 Å². The third-order valence-electron chi connectivity index (χ3n) is 4.43. The number of fused-ring (bicyclic) bond motifs is 1. The molecule has 2 aliphatic heterocycles. The van der Waals surface area contributed by atoms with Gasteiger partial charge in [-0.1, -0.05) is 6.07 Å². The molecule has 0 spiro atoms. The highest BCUT2D eigenvalue weighted by Gasteiger charge is 2.24. The number of aromatic amines is 1. The smallest absolute Gasteiger partial charge is 0.237 e. The van der Waals surface area contributed by atoms with E-state index in [-0.39, 0.29) is 12.7 Å². The fourth-order valence-electron chi connectivity index (χ4n) is 3.07. The van der Waals surface area contributed by atoms with Crippen LogP contribution in [0.5, 0.6) is 11.5 Å². The van der Waals surface area contributed by atoms with Crippen LogP contribution in [0.15, 0.2) is 30.6 Å². The lowest BCUT2D eigenvalue weighted by molar-refractivity contribution is -0.136. The number of benzene rings is 1. The van der Waals surface area contributed by atoms with Gasteiger partial charge in [-0.05, 0) is 17.7 Å². The second kappa shape index (κ2) is 6.52. The van der Waals surface area contributed by atoms with Gasteiger partial charge in [-0.15, -0.1) is 0 Å². The molecule has 1 aromatic heterocycles. The summed E-state index contributed by atoms with van der Waals surface area (Å²) in [5.74, 6) is 2.66. The van der Waals surface area contributed by atoms with Gasteiger partial charge < -0.3 is 19.4 Å². The zero-order valence-corrected chi connectivity index (χ0v) is 13.4. The maximum atomic E-state index is 12.4. The molecule has 2 aliphatic rings. The number of carbonyl (C=O) groups excluding carboxylic acids is 1. The number of hydrogen-bond acceptors (Lipinski definition) is 5. The van der Waals surface area contributed by atoms with Crippen LogP contribution in [0.4, 0.5) is 0 Å². The zero-order chi connectivity index (χ0) is 16.4. The number of amides is 1. The monoisotopic (exact) mass is 328 g/mol. The third-order valence-corrected chi connectivity index (χ3v) is 4.43. The molecule has 7 heteroatoms. The van der Waals surface area contributed by atoms with Crippen molar-refractivity contribution >= 4 is 5.91 Å². The van der Waals surface area contributed by atoms with Crippen molar-refractivity contribution in [3.8, 4) is 11.5 Å². The molecule has 3 heterocycles. The summed E-state index contributed by atoms with van der Waals surface area (Å²) in [5, 5.41) is 0. The molecule has 1 saturated heterocycles. The molecule has 0 radical (unpaired) electrons. The molecule has 0 bridgehead atoms. The molecule has 1 aromatic carbocycles. The Hall–Kier alpha value is -2.54. The molecule has 4 rings (SSSR count). The summed E-state index contributed by atoms with van der Waals surface area (Å²) < 4.78 is 10.7. The van der Waals surface area contributed by atoms with Gasteiger partial charge in [-0.2, -0.15) is 0 Å². The molecule has 1 N–H and O–H groups in total. The lowest BCUT2D eigenvalue weighted by Crippen LogP contribution is -2.50. The van der Waals surface area contributed by atoms with Crippen molar-refractivity contribution in [1.29, 1.82) is 0 Å². The molecule has 1 fully saturated rings. The topological polar surface area (TPSA) is 70.7 Å². The van der Waals surface area contributed by atoms with Gasteiger partial charge in [0.25, 0.3) is 0 Å². The van der Waals surface area contributed by atoms with Crippen LogP contribution in [-0.2, 0) is 17.8 Å². The molecule has 0 unspecified atom stereocenters. The summed E-state index contributed by atoms with van der Waals surface area (Å²) in [6.07, 6.45) is 4.41. The first-order chi connectivity index (χ1) is 11.8. The third kappa shape index (κ3) is 3.21. The number of ether oxygens (including phenoxy) is 2. The maximum absolute atomic E-state index is 12.4. The zero-order valence-electron chi connectivity index (χ0n) is 13.4. The largest absolute Gasteiger partial charge is 0.454 e. The highest BCUT2D eigenvalue weighted by Crippen LogP contribution is 2.32. The van der Waals surface area contributed by atoms with Crippen LogP contribution in [-0.4, -0.2) is 58.6 Å². The minimum Gasteiger partial charge on any atom is -0.454 e. The van der Waals surface area contributed by atoms with Crippen LogP contribution in [0.1, 0.15) is 11.4 Å². The first kappa shape index (κ1) is 15.0. The molecule has 7 nitrogen and oxygen atoms in total. The quantitative estimate of drug-likeness (QED) is 0.887. The van der Waals surface area contributed by atoms with E-state index in [0.717, 1.165) is 48.9 Å². The van der Waals surface area contributed by atoms with Gasteiger partial charge in [-0.25, -0.2) is 4.98 Å². The SMILES string of the molecule is O=C1CN(CCc2ncc[nH]2)CCN1Cc1ccc2c(c1)OCO2. The van der Waals surface area contributed by atoms with Gasteiger partial charge in [0, 0.05) is 45.0 Å². The average Bonchev–Trinajstić information content (AvgIpc) is 3.26. The second-order valence-electron chi connectivity index (χ2n) is 6.06. The van der Waals surface area contributed by atoms with Crippen molar-refractivity contribution in [1.82, 2.24) is 19.8 Å². The number of piperazine rings is 1. The Morgan fingerprint density at radius 2 is 2.12 bits per heavy atom. The fraction of sp³-hybridized carbons (Fsp3) is 0.412. The summed E-state index contributed by atoms with van der Waals surface area (Å²) in [4.78, 5) is 23.8. The molecule has 0 saturated carbocycles. The molecular weight excluding hydrogens is 308 g/mol. The van der Waals surface area contributed by atoms with Gasteiger partial charge in [0.1, 0.15) is 5.82 Å². The van der Waals surface area contributed by atoms with Gasteiger partial charge in [0.15, 0.2) is 11.5 Å². The number of imidazole rings is 1. The van der Waals surface area contributed by atoms with E-state index in [0.29, 0.717) is 13.1 Å². The van der Waals surface area contributed by atoms with Crippen molar-refractivity contribution in [2.45, 2.75) is 13.0 Å². The number of rotatable bonds is 5. The normalized spacial score (nSPS) is 17.5. The van der Waals surface area contributed by atoms with Crippen LogP contribution >= 0.6 is 0 Å². The molecule has 2 aromatic rings. The number of aromatic nitrogens is 2. The predicted molar refractivity (Wildman–Crippen MR) is 86.7 cm³/mol. The highest BCUT2D eigenvalue weighted by molar-refractivity contribution is 5.79. The maximum Gasteiger partial charge on any atom is 0.237 e. The predicted octanol–water partition coefficient (Wildman–Crippen LogP) is 1.03. The van der Waals surface area contributed by atoms with Crippen molar-refractivity contribution < 1.29 is 14.3 Å². The lowest BCUT2D eigenvalue weighted by atomic mass is 10.1.